The zero-order valence-corrected chi connectivity index (χ0v) is 25.0. The Labute approximate surface area is 254 Å². The number of rotatable bonds is 11. The number of nitrogens with two attached hydrogens (primary N) is 2. The van der Waals surface area contributed by atoms with Crippen LogP contribution >= 0.6 is 30.1 Å². The number of nitrogens with zero attached hydrogens (tertiary/aromatic N) is 5. The van der Waals surface area contributed by atoms with Crippen LogP contribution in [0.5, 0.6) is 0 Å². The second-order valence-corrected chi connectivity index (χ2v) is 11.4. The average Bonchev–Trinajstić information content (AvgIpc) is 2.99. The van der Waals surface area contributed by atoms with Crippen molar-refractivity contribution < 1.29 is 4.39 Å². The highest BCUT2D eigenvalue weighted by Gasteiger charge is 2.20. The summed E-state index contributed by atoms with van der Waals surface area (Å²) in [6.07, 6.45) is 5.22. The molecule has 0 aliphatic rings. The molecular formula is C29H27FIN9S. The first-order valence-corrected chi connectivity index (χ1v) is 16.1. The van der Waals surface area contributed by atoms with Crippen molar-refractivity contribution in [1.29, 1.82) is 10.5 Å². The van der Waals surface area contributed by atoms with Crippen LogP contribution in [0.4, 0.5) is 15.8 Å². The van der Waals surface area contributed by atoms with Gasteiger partial charge in [0, 0.05) is 29.7 Å². The van der Waals surface area contributed by atoms with E-state index in [1.807, 2.05) is 36.4 Å². The fourth-order valence-electron chi connectivity index (χ4n) is 4.44. The van der Waals surface area contributed by atoms with Crippen LogP contribution in [-0.2, 0) is 0 Å². The number of hydrogen-bond donors (Lipinski definition) is 4. The molecule has 4 aromatic rings. The van der Waals surface area contributed by atoms with Crippen molar-refractivity contribution in [3.05, 3.63) is 107 Å². The Balaban J connectivity index is 1.84. The lowest BCUT2D eigenvalue weighted by Gasteiger charge is -2.24. The molecule has 0 spiro atoms. The molecule has 0 aliphatic carbocycles. The molecule has 2 aromatic carbocycles. The summed E-state index contributed by atoms with van der Waals surface area (Å²) in [5.41, 5.74) is 10.7. The fourth-order valence-corrected chi connectivity index (χ4v) is 5.59. The van der Waals surface area contributed by atoms with Crippen molar-refractivity contribution in [3.63, 3.8) is 0 Å². The zero-order valence-electron chi connectivity index (χ0n) is 22.1. The number of pyridine rings is 2. The highest BCUT2D eigenvalue weighted by atomic mass is 127. The third-order valence-corrected chi connectivity index (χ3v) is 7.61. The highest BCUT2D eigenvalue weighted by molar-refractivity contribution is 14.2. The third-order valence-electron chi connectivity index (χ3n) is 6.38. The molecule has 2 atom stereocenters. The Morgan fingerprint density at radius 2 is 1.83 bits per heavy atom. The first kappa shape index (κ1) is 29.9. The van der Waals surface area contributed by atoms with E-state index in [1.54, 1.807) is 18.3 Å². The van der Waals surface area contributed by atoms with Gasteiger partial charge in [-0.2, -0.15) is 14.9 Å². The summed E-state index contributed by atoms with van der Waals surface area (Å²) in [4.78, 5) is 8.23. The molecule has 0 amide bonds. The lowest BCUT2D eigenvalue weighted by atomic mass is 10.0. The van der Waals surface area contributed by atoms with E-state index in [0.717, 1.165) is 12.0 Å². The largest absolute Gasteiger partial charge is 0.399 e. The van der Waals surface area contributed by atoms with Crippen LogP contribution in [0, 0.1) is 28.6 Å². The molecular weight excluding hydrogens is 652 g/mol. The van der Waals surface area contributed by atoms with E-state index in [4.69, 9.17) is 11.6 Å². The molecule has 9 nitrogen and oxygen atoms in total. The Hall–Kier alpha value is -4.11. The second-order valence-electron chi connectivity index (χ2n) is 9.08. The van der Waals surface area contributed by atoms with Gasteiger partial charge in [-0.3, -0.25) is 4.98 Å². The van der Waals surface area contributed by atoms with Gasteiger partial charge in [-0.05, 0) is 57.0 Å². The van der Waals surface area contributed by atoms with E-state index < -0.39 is 12.0 Å². The molecule has 2 heterocycles. The number of aromatic nitrogens is 2. The molecule has 0 bridgehead atoms. The number of anilines is 2. The molecule has 41 heavy (non-hydrogen) atoms. The predicted octanol–water partition coefficient (Wildman–Crippen LogP) is 6.25. The van der Waals surface area contributed by atoms with Crippen LogP contribution < -0.4 is 22.2 Å². The van der Waals surface area contributed by atoms with Gasteiger partial charge in [-0.25, -0.2) is 10.8 Å². The van der Waals surface area contributed by atoms with Crippen LogP contribution in [0.3, 0.4) is 0 Å². The second kappa shape index (κ2) is 14.0. The molecule has 12 heteroatoms. The summed E-state index contributed by atoms with van der Waals surface area (Å²) >= 11 is 2.13. The van der Waals surface area contributed by atoms with Gasteiger partial charge in [-0.1, -0.05) is 52.3 Å². The van der Waals surface area contributed by atoms with Crippen molar-refractivity contribution in [1.82, 2.24) is 15.0 Å². The van der Waals surface area contributed by atoms with Gasteiger partial charge in [0.15, 0.2) is 0 Å². The molecule has 2 unspecified atom stereocenters. The van der Waals surface area contributed by atoms with Crippen LogP contribution in [0.15, 0.2) is 78.9 Å². The Bertz CT molecular complexity index is 1620. The van der Waals surface area contributed by atoms with Gasteiger partial charge in [-0.15, -0.1) is 0 Å². The fraction of sp³-hybridized carbons (Fsp3) is 0.172. The summed E-state index contributed by atoms with van der Waals surface area (Å²) in [6.45, 7) is 2.06. The lowest BCUT2D eigenvalue weighted by Crippen LogP contribution is -2.28. The van der Waals surface area contributed by atoms with Crippen LogP contribution in [0.25, 0.3) is 10.9 Å². The maximum atomic E-state index is 13.6. The van der Waals surface area contributed by atoms with Gasteiger partial charge in [0.1, 0.15) is 12.1 Å². The van der Waals surface area contributed by atoms with Gasteiger partial charge in [0.2, 0.25) is 5.95 Å². The third kappa shape index (κ3) is 7.16. The maximum absolute atomic E-state index is 13.6. The summed E-state index contributed by atoms with van der Waals surface area (Å²) in [7, 11) is 1.49. The zero-order chi connectivity index (χ0) is 29.4. The van der Waals surface area contributed by atoms with E-state index in [2.05, 4.69) is 60.9 Å². The monoisotopic (exact) mass is 679 g/mol. The Kier molecular flexibility index (Phi) is 10.2. The highest BCUT2D eigenvalue weighted by Crippen LogP contribution is 2.35. The van der Waals surface area contributed by atoms with Crippen molar-refractivity contribution in [2.75, 3.05) is 16.5 Å². The van der Waals surface area contributed by atoms with Crippen molar-refractivity contribution in [2.24, 2.45) is 11.6 Å². The molecule has 0 fully saturated rings. The first-order valence-electron chi connectivity index (χ1n) is 12.6. The van der Waals surface area contributed by atoms with Gasteiger partial charge in [0.25, 0.3) is 0 Å². The topological polar surface area (TPSA) is 153 Å². The van der Waals surface area contributed by atoms with Crippen LogP contribution in [0.1, 0.15) is 47.7 Å². The Morgan fingerprint density at radius 1 is 1.07 bits per heavy atom. The van der Waals surface area contributed by atoms with Crippen molar-refractivity contribution in [3.8, 4) is 12.1 Å². The van der Waals surface area contributed by atoms with Crippen molar-refractivity contribution in [2.45, 2.75) is 25.4 Å². The van der Waals surface area contributed by atoms with E-state index in [0.29, 0.717) is 50.5 Å². The number of hydrogen-bond acceptors (Lipinski definition) is 10. The molecule has 4 rings (SSSR count). The number of fused-ring (bicyclic) bond motifs is 1. The van der Waals surface area contributed by atoms with Gasteiger partial charge in [0.05, 0.1) is 46.0 Å². The maximum Gasteiger partial charge on any atom is 0.212 e. The SMILES string of the molecule is CCC(Nc1c(C#N)cnc2c(C#N)cc(NC(/C(N)=C/N(N)CSI)c3ccc(F)nc3)cc12)c1ccccc1. The summed E-state index contributed by atoms with van der Waals surface area (Å²) in [5, 5.41) is 28.9. The minimum atomic E-state index is -0.659. The lowest BCUT2D eigenvalue weighted by molar-refractivity contribution is 0.459. The van der Waals surface area contributed by atoms with Gasteiger partial charge >= 0.3 is 0 Å². The van der Waals surface area contributed by atoms with Crippen LogP contribution in [-0.4, -0.2) is 20.9 Å². The van der Waals surface area contributed by atoms with E-state index in [1.165, 1.54) is 32.4 Å². The Morgan fingerprint density at radius 3 is 2.46 bits per heavy atom. The molecule has 0 aliphatic heterocycles. The quantitative estimate of drug-likeness (QED) is 0.0471. The normalized spacial score (nSPS) is 12.7. The minimum absolute atomic E-state index is 0.0843. The number of halogens is 2. The molecule has 208 valence electrons. The minimum Gasteiger partial charge on any atom is -0.399 e. The van der Waals surface area contributed by atoms with Crippen LogP contribution in [0.2, 0.25) is 0 Å². The van der Waals surface area contributed by atoms with E-state index in [-0.39, 0.29) is 6.04 Å². The smallest absolute Gasteiger partial charge is 0.212 e. The number of hydrazine groups is 1. The number of benzene rings is 2. The van der Waals surface area contributed by atoms with Gasteiger partial charge < -0.3 is 21.4 Å². The molecule has 6 N–H and O–H groups in total. The first-order chi connectivity index (χ1) is 19.9. The summed E-state index contributed by atoms with van der Waals surface area (Å²) in [5.74, 6) is 5.92. The summed E-state index contributed by atoms with van der Waals surface area (Å²) in [6, 6.07) is 20.0. The number of nitriles is 2. The molecule has 0 radical (unpaired) electrons. The molecule has 2 aromatic heterocycles. The summed E-state index contributed by atoms with van der Waals surface area (Å²) < 4.78 is 13.6. The average molecular weight is 680 g/mol. The molecule has 0 saturated heterocycles. The molecule has 0 saturated carbocycles. The van der Waals surface area contributed by atoms with E-state index in [9.17, 15) is 14.9 Å². The standard InChI is InChI=1S/C29H27FIN9S/c1-2-25(18-6-4-3-5-7-18)39-28-21(13-33)15-37-27-20(12-32)10-22(11-23(27)28)38-29(19-8-9-26(30)36-14-19)24(34)16-40(35)17-41-31/h3-11,14-16,25,29,38H,2,17,34-35H2,1H3,(H,37,39)/b24-16-. The van der Waals surface area contributed by atoms with Crippen molar-refractivity contribution >= 4 is 52.4 Å². The predicted molar refractivity (Wildman–Crippen MR) is 170 cm³/mol. The van der Waals surface area contributed by atoms with E-state index >= 15 is 0 Å². The number of nitrogens with one attached hydrogen (secondary N) is 2.